The number of aromatic nitrogens is 1. The summed E-state index contributed by atoms with van der Waals surface area (Å²) in [5, 5.41) is 4.41. The number of hydrogen-bond donors (Lipinski definition) is 0. The van der Waals surface area contributed by atoms with Crippen molar-refractivity contribution in [2.75, 3.05) is 0 Å². The molecule has 0 unspecified atom stereocenters. The second kappa shape index (κ2) is 4.97. The summed E-state index contributed by atoms with van der Waals surface area (Å²) in [6.07, 6.45) is 1.54. The van der Waals surface area contributed by atoms with E-state index in [9.17, 15) is 9.59 Å². The van der Waals surface area contributed by atoms with Gasteiger partial charge in [-0.1, -0.05) is 42.5 Å². The summed E-state index contributed by atoms with van der Waals surface area (Å²) >= 11 is 0. The number of fused-ring (bicyclic) bond motifs is 1. The van der Waals surface area contributed by atoms with Gasteiger partial charge in [-0.3, -0.25) is 0 Å². The van der Waals surface area contributed by atoms with Gasteiger partial charge in [-0.25, -0.2) is 9.59 Å². The maximum Gasteiger partial charge on any atom is 0.443 e. The van der Waals surface area contributed by atoms with Gasteiger partial charge in [0.1, 0.15) is 0 Å². The summed E-state index contributed by atoms with van der Waals surface area (Å²) in [5.41, 5.74) is 0.604. The molecule has 5 nitrogen and oxygen atoms in total. The average Bonchev–Trinajstić information content (AvgIpc) is 2.48. The van der Waals surface area contributed by atoms with Crippen LogP contribution in [0.4, 0.5) is 0 Å². The first-order chi connectivity index (χ1) is 9.75. The molecule has 0 amide bonds. The lowest BCUT2D eigenvalue weighted by molar-refractivity contribution is 0.430. The average molecular weight is 266 g/mol. The Kier molecular flexibility index (Phi) is 3.01. The van der Waals surface area contributed by atoms with Crippen molar-refractivity contribution in [2.24, 2.45) is 5.10 Å². The van der Waals surface area contributed by atoms with Crippen molar-refractivity contribution in [3.63, 3.8) is 0 Å². The molecule has 1 heterocycles. The highest BCUT2D eigenvalue weighted by molar-refractivity contribution is 5.81. The van der Waals surface area contributed by atoms with E-state index in [0.717, 1.165) is 10.2 Å². The lowest BCUT2D eigenvalue weighted by atomic mass is 10.2. The SMILES string of the molecule is O=c1oc(=O)n(/N=C/c2ccccc2)c2ccccc12. The minimum Gasteiger partial charge on any atom is -0.371 e. The highest BCUT2D eigenvalue weighted by Crippen LogP contribution is 2.07. The quantitative estimate of drug-likeness (QED) is 0.665. The van der Waals surface area contributed by atoms with E-state index in [0.29, 0.717) is 10.9 Å². The van der Waals surface area contributed by atoms with Gasteiger partial charge in [0.25, 0.3) is 0 Å². The maximum atomic E-state index is 11.8. The summed E-state index contributed by atoms with van der Waals surface area (Å²) < 4.78 is 5.72. The summed E-state index contributed by atoms with van der Waals surface area (Å²) in [4.78, 5) is 23.4. The lowest BCUT2D eigenvalue weighted by Gasteiger charge is -2.01. The van der Waals surface area contributed by atoms with Crippen molar-refractivity contribution in [1.29, 1.82) is 0 Å². The van der Waals surface area contributed by atoms with Gasteiger partial charge < -0.3 is 4.42 Å². The van der Waals surface area contributed by atoms with E-state index in [2.05, 4.69) is 9.52 Å². The van der Waals surface area contributed by atoms with Crippen LogP contribution in [-0.2, 0) is 0 Å². The van der Waals surface area contributed by atoms with Crippen LogP contribution in [0.25, 0.3) is 10.9 Å². The van der Waals surface area contributed by atoms with Gasteiger partial charge in [-0.05, 0) is 17.7 Å². The Morgan fingerprint density at radius 2 is 1.65 bits per heavy atom. The van der Waals surface area contributed by atoms with E-state index in [-0.39, 0.29) is 0 Å². The monoisotopic (exact) mass is 266 g/mol. The van der Waals surface area contributed by atoms with Crippen molar-refractivity contribution in [3.05, 3.63) is 81.1 Å². The van der Waals surface area contributed by atoms with Crippen LogP contribution in [0.3, 0.4) is 0 Å². The first kappa shape index (κ1) is 12.1. The standard InChI is InChI=1S/C15H10N2O3/c18-14-12-8-4-5-9-13(12)17(15(19)20-14)16-10-11-6-2-1-3-7-11/h1-10H/b16-10+. The van der Waals surface area contributed by atoms with Crippen LogP contribution in [0, 0.1) is 0 Å². The predicted octanol–water partition coefficient (Wildman–Crippen LogP) is 1.84. The topological polar surface area (TPSA) is 64.6 Å². The van der Waals surface area contributed by atoms with Gasteiger partial charge in [0.05, 0.1) is 17.1 Å². The highest BCUT2D eigenvalue weighted by atomic mass is 16.4. The molecule has 2 aromatic carbocycles. The molecule has 98 valence electrons. The smallest absolute Gasteiger partial charge is 0.371 e. The van der Waals surface area contributed by atoms with Crippen LogP contribution in [0.15, 0.2) is 73.7 Å². The third kappa shape index (κ3) is 2.16. The first-order valence-electron chi connectivity index (χ1n) is 6.00. The normalized spacial score (nSPS) is 11.2. The molecule has 0 radical (unpaired) electrons. The fourth-order valence-corrected chi connectivity index (χ4v) is 1.88. The Morgan fingerprint density at radius 1 is 0.950 bits per heavy atom. The number of para-hydroxylation sites is 1. The first-order valence-corrected chi connectivity index (χ1v) is 6.00. The van der Waals surface area contributed by atoms with E-state index < -0.39 is 11.4 Å². The molecule has 0 aliphatic carbocycles. The Morgan fingerprint density at radius 3 is 2.45 bits per heavy atom. The molecule has 0 atom stereocenters. The third-order valence-electron chi connectivity index (χ3n) is 2.83. The molecule has 0 bridgehead atoms. The summed E-state index contributed by atoms with van der Waals surface area (Å²) in [7, 11) is 0. The second-order valence-electron chi connectivity index (χ2n) is 4.14. The van der Waals surface area contributed by atoms with E-state index in [1.807, 2.05) is 30.3 Å². The molecule has 0 saturated carbocycles. The van der Waals surface area contributed by atoms with Crippen molar-refractivity contribution in [1.82, 2.24) is 4.68 Å². The van der Waals surface area contributed by atoms with Crippen LogP contribution in [0.1, 0.15) is 5.56 Å². The van der Waals surface area contributed by atoms with Gasteiger partial charge in [-0.2, -0.15) is 9.78 Å². The second-order valence-corrected chi connectivity index (χ2v) is 4.14. The van der Waals surface area contributed by atoms with Gasteiger partial charge >= 0.3 is 11.4 Å². The fraction of sp³-hybridized carbons (Fsp3) is 0. The largest absolute Gasteiger partial charge is 0.443 e. The van der Waals surface area contributed by atoms with Crippen molar-refractivity contribution >= 4 is 17.1 Å². The Hall–Kier alpha value is -2.95. The molecule has 0 fully saturated rings. The summed E-state index contributed by atoms with van der Waals surface area (Å²) in [6.45, 7) is 0. The molecule has 0 N–H and O–H groups in total. The lowest BCUT2D eigenvalue weighted by Crippen LogP contribution is -2.22. The molecule has 0 saturated heterocycles. The molecule has 0 spiro atoms. The summed E-state index contributed by atoms with van der Waals surface area (Å²) in [6, 6.07) is 16.0. The van der Waals surface area contributed by atoms with E-state index in [1.54, 1.807) is 24.3 Å². The zero-order valence-electron chi connectivity index (χ0n) is 10.4. The zero-order valence-corrected chi connectivity index (χ0v) is 10.4. The predicted molar refractivity (Wildman–Crippen MR) is 76.2 cm³/mol. The molecule has 1 aromatic heterocycles. The Balaban J connectivity index is 2.20. The Bertz CT molecular complexity index is 892. The molecule has 5 heteroatoms. The number of rotatable bonds is 2. The van der Waals surface area contributed by atoms with Crippen LogP contribution in [0.5, 0.6) is 0 Å². The number of hydrogen-bond acceptors (Lipinski definition) is 4. The van der Waals surface area contributed by atoms with Crippen LogP contribution in [0.2, 0.25) is 0 Å². The van der Waals surface area contributed by atoms with E-state index >= 15 is 0 Å². The molecule has 20 heavy (non-hydrogen) atoms. The highest BCUT2D eigenvalue weighted by Gasteiger charge is 2.07. The minimum atomic E-state index is -0.805. The molecular weight excluding hydrogens is 256 g/mol. The van der Waals surface area contributed by atoms with Crippen molar-refractivity contribution in [2.45, 2.75) is 0 Å². The fourth-order valence-electron chi connectivity index (χ4n) is 1.88. The summed E-state index contributed by atoms with van der Waals surface area (Å²) in [5.74, 6) is -0.805. The molecule has 0 aliphatic heterocycles. The van der Waals surface area contributed by atoms with E-state index in [1.165, 1.54) is 6.21 Å². The van der Waals surface area contributed by atoms with Crippen molar-refractivity contribution < 1.29 is 4.42 Å². The zero-order chi connectivity index (χ0) is 13.9. The van der Waals surface area contributed by atoms with Crippen molar-refractivity contribution in [3.8, 4) is 0 Å². The van der Waals surface area contributed by atoms with Crippen LogP contribution >= 0.6 is 0 Å². The molecule has 3 rings (SSSR count). The Labute approximate surface area is 113 Å². The maximum absolute atomic E-state index is 11.8. The number of nitrogens with zero attached hydrogens (tertiary/aromatic N) is 2. The third-order valence-corrected chi connectivity index (χ3v) is 2.83. The van der Waals surface area contributed by atoms with E-state index in [4.69, 9.17) is 0 Å². The molecular formula is C15H10N2O3. The van der Waals surface area contributed by atoms with Gasteiger partial charge in [-0.15, -0.1) is 0 Å². The van der Waals surface area contributed by atoms with Crippen LogP contribution < -0.4 is 11.4 Å². The van der Waals surface area contributed by atoms with Gasteiger partial charge in [0, 0.05) is 0 Å². The molecule has 0 aliphatic rings. The van der Waals surface area contributed by atoms with Gasteiger partial charge in [0.15, 0.2) is 0 Å². The minimum absolute atomic E-state index is 0.317. The van der Waals surface area contributed by atoms with Gasteiger partial charge in [0.2, 0.25) is 0 Å². The number of benzene rings is 2. The molecule has 3 aromatic rings. The van der Waals surface area contributed by atoms with Crippen LogP contribution in [-0.4, -0.2) is 10.9 Å².